The van der Waals surface area contributed by atoms with Crippen LogP contribution in [0.3, 0.4) is 0 Å². The molecule has 0 saturated heterocycles. The van der Waals surface area contributed by atoms with Gasteiger partial charge in [-0.25, -0.2) is 0 Å². The van der Waals surface area contributed by atoms with Crippen LogP contribution >= 0.6 is 15.9 Å². The predicted molar refractivity (Wildman–Crippen MR) is 82.7 cm³/mol. The Labute approximate surface area is 127 Å². The molecule has 0 bridgehead atoms. The monoisotopic (exact) mass is 333 g/mol. The van der Waals surface area contributed by atoms with E-state index >= 15 is 0 Å². The average molecular weight is 334 g/mol. The van der Waals surface area contributed by atoms with E-state index in [0.717, 1.165) is 10.0 Å². The fourth-order valence-electron chi connectivity index (χ4n) is 1.76. The van der Waals surface area contributed by atoms with Crippen LogP contribution in [0.4, 0.5) is 0 Å². The Morgan fingerprint density at radius 1 is 1.20 bits per heavy atom. The number of nitrogens with one attached hydrogen (secondary N) is 1. The highest BCUT2D eigenvalue weighted by atomic mass is 79.9. The van der Waals surface area contributed by atoms with Crippen LogP contribution in [-0.4, -0.2) is 12.5 Å². The molecule has 0 aliphatic rings. The number of hydrogen-bond acceptors (Lipinski definition) is 2. The Balaban J connectivity index is 1.80. The normalized spacial score (nSPS) is 10.1. The first-order valence-electron chi connectivity index (χ1n) is 6.35. The highest BCUT2D eigenvalue weighted by Gasteiger charge is 2.04. The standard InChI is InChI=1S/C16H16BrNO2/c1-12-5-2-3-6-13(12)10-18-16(19)11-20-15-8-4-7-14(17)9-15/h2-9H,10-11H2,1H3,(H,18,19). The van der Waals surface area contributed by atoms with Gasteiger partial charge in [0.25, 0.3) is 5.91 Å². The van der Waals surface area contributed by atoms with Crippen LogP contribution in [0.1, 0.15) is 11.1 Å². The minimum atomic E-state index is -0.131. The van der Waals surface area contributed by atoms with Crippen LogP contribution in [0, 0.1) is 6.92 Å². The zero-order valence-corrected chi connectivity index (χ0v) is 12.8. The summed E-state index contributed by atoms with van der Waals surface area (Å²) in [5.74, 6) is 0.540. The minimum absolute atomic E-state index is 0.0162. The van der Waals surface area contributed by atoms with Crippen molar-refractivity contribution in [2.75, 3.05) is 6.61 Å². The molecule has 0 spiro atoms. The van der Waals surface area contributed by atoms with Crippen LogP contribution in [0.15, 0.2) is 53.0 Å². The third kappa shape index (κ3) is 4.38. The van der Waals surface area contributed by atoms with Crippen molar-refractivity contribution in [3.8, 4) is 5.75 Å². The van der Waals surface area contributed by atoms with Crippen LogP contribution in [0.2, 0.25) is 0 Å². The highest BCUT2D eigenvalue weighted by Crippen LogP contribution is 2.17. The zero-order chi connectivity index (χ0) is 14.4. The summed E-state index contributed by atoms with van der Waals surface area (Å²) in [4.78, 5) is 11.7. The number of rotatable bonds is 5. The fourth-order valence-corrected chi connectivity index (χ4v) is 2.14. The van der Waals surface area contributed by atoms with Crippen molar-refractivity contribution in [1.29, 1.82) is 0 Å². The first-order chi connectivity index (χ1) is 9.65. The number of halogens is 1. The van der Waals surface area contributed by atoms with E-state index in [1.807, 2.05) is 55.5 Å². The van der Waals surface area contributed by atoms with Gasteiger partial charge in [0.15, 0.2) is 6.61 Å². The number of hydrogen-bond donors (Lipinski definition) is 1. The Kier molecular flexibility index (Phi) is 5.18. The van der Waals surface area contributed by atoms with Gasteiger partial charge in [-0.3, -0.25) is 4.79 Å². The quantitative estimate of drug-likeness (QED) is 0.910. The minimum Gasteiger partial charge on any atom is -0.484 e. The van der Waals surface area contributed by atoms with E-state index < -0.39 is 0 Å². The Hall–Kier alpha value is -1.81. The lowest BCUT2D eigenvalue weighted by atomic mass is 10.1. The van der Waals surface area contributed by atoms with E-state index in [1.165, 1.54) is 5.56 Å². The lowest BCUT2D eigenvalue weighted by Gasteiger charge is -2.09. The second-order valence-electron chi connectivity index (χ2n) is 4.45. The molecular weight excluding hydrogens is 318 g/mol. The average Bonchev–Trinajstić information content (AvgIpc) is 2.44. The summed E-state index contributed by atoms with van der Waals surface area (Å²) in [5, 5.41) is 2.85. The van der Waals surface area contributed by atoms with E-state index in [2.05, 4.69) is 21.2 Å². The molecule has 0 atom stereocenters. The molecule has 2 rings (SSSR count). The van der Waals surface area contributed by atoms with Gasteiger partial charge in [0.05, 0.1) is 0 Å². The zero-order valence-electron chi connectivity index (χ0n) is 11.2. The number of carbonyl (C=O) groups excluding carboxylic acids is 1. The summed E-state index contributed by atoms with van der Waals surface area (Å²) in [6.07, 6.45) is 0. The molecule has 1 amide bonds. The second-order valence-corrected chi connectivity index (χ2v) is 5.36. The van der Waals surface area contributed by atoms with Gasteiger partial charge >= 0.3 is 0 Å². The van der Waals surface area contributed by atoms with Gasteiger partial charge in [0.2, 0.25) is 0 Å². The molecule has 1 N–H and O–H groups in total. The van der Waals surface area contributed by atoms with Gasteiger partial charge in [0, 0.05) is 11.0 Å². The van der Waals surface area contributed by atoms with Crippen LogP contribution < -0.4 is 10.1 Å². The fraction of sp³-hybridized carbons (Fsp3) is 0.188. The van der Waals surface area contributed by atoms with E-state index in [9.17, 15) is 4.79 Å². The van der Waals surface area contributed by atoms with E-state index in [-0.39, 0.29) is 12.5 Å². The molecule has 104 valence electrons. The first-order valence-corrected chi connectivity index (χ1v) is 7.14. The van der Waals surface area contributed by atoms with Crippen LogP contribution in [0.25, 0.3) is 0 Å². The summed E-state index contributed by atoms with van der Waals surface area (Å²) in [5.41, 5.74) is 2.28. The molecule has 20 heavy (non-hydrogen) atoms. The summed E-state index contributed by atoms with van der Waals surface area (Å²) < 4.78 is 6.35. The third-order valence-electron chi connectivity index (χ3n) is 2.90. The highest BCUT2D eigenvalue weighted by molar-refractivity contribution is 9.10. The van der Waals surface area contributed by atoms with Crippen molar-refractivity contribution in [1.82, 2.24) is 5.32 Å². The Morgan fingerprint density at radius 2 is 2.00 bits per heavy atom. The van der Waals surface area contributed by atoms with Gasteiger partial charge in [-0.2, -0.15) is 0 Å². The summed E-state index contributed by atoms with van der Waals surface area (Å²) in [6, 6.07) is 15.4. The Morgan fingerprint density at radius 3 is 2.75 bits per heavy atom. The summed E-state index contributed by atoms with van der Waals surface area (Å²) >= 11 is 3.36. The number of carbonyl (C=O) groups is 1. The maximum Gasteiger partial charge on any atom is 0.258 e. The predicted octanol–water partition coefficient (Wildman–Crippen LogP) is 3.45. The molecule has 4 heteroatoms. The number of ether oxygens (including phenoxy) is 1. The van der Waals surface area contributed by atoms with Gasteiger partial charge in [-0.15, -0.1) is 0 Å². The van der Waals surface area contributed by atoms with Crippen LogP contribution in [-0.2, 0) is 11.3 Å². The molecule has 0 aliphatic heterocycles. The van der Waals surface area contributed by atoms with Gasteiger partial charge in [-0.05, 0) is 36.2 Å². The molecule has 0 aliphatic carbocycles. The largest absolute Gasteiger partial charge is 0.484 e. The third-order valence-corrected chi connectivity index (χ3v) is 3.40. The van der Waals surface area contributed by atoms with Gasteiger partial charge in [0.1, 0.15) is 5.75 Å². The molecule has 0 unspecified atom stereocenters. The van der Waals surface area contributed by atoms with Crippen LogP contribution in [0.5, 0.6) is 5.75 Å². The lowest BCUT2D eigenvalue weighted by molar-refractivity contribution is -0.123. The van der Waals surface area contributed by atoms with Gasteiger partial charge in [-0.1, -0.05) is 46.3 Å². The van der Waals surface area contributed by atoms with E-state index in [4.69, 9.17) is 4.74 Å². The first kappa shape index (κ1) is 14.6. The number of amides is 1. The van der Waals surface area contributed by atoms with E-state index in [1.54, 1.807) is 0 Å². The maximum atomic E-state index is 11.7. The second kappa shape index (κ2) is 7.10. The summed E-state index contributed by atoms with van der Waals surface area (Å²) in [7, 11) is 0. The Bertz CT molecular complexity index is 599. The molecule has 2 aromatic carbocycles. The molecule has 0 aromatic heterocycles. The smallest absolute Gasteiger partial charge is 0.258 e. The van der Waals surface area contributed by atoms with Crippen molar-refractivity contribution in [3.05, 3.63) is 64.1 Å². The lowest BCUT2D eigenvalue weighted by Crippen LogP contribution is -2.28. The molecule has 3 nitrogen and oxygen atoms in total. The molecule has 0 radical (unpaired) electrons. The molecular formula is C16H16BrNO2. The van der Waals surface area contributed by atoms with Gasteiger partial charge < -0.3 is 10.1 Å². The van der Waals surface area contributed by atoms with Crippen molar-refractivity contribution in [2.24, 2.45) is 0 Å². The maximum absolute atomic E-state index is 11.7. The van der Waals surface area contributed by atoms with Crippen molar-refractivity contribution in [3.63, 3.8) is 0 Å². The topological polar surface area (TPSA) is 38.3 Å². The molecule has 0 heterocycles. The summed E-state index contributed by atoms with van der Waals surface area (Å²) in [6.45, 7) is 2.56. The molecule has 0 saturated carbocycles. The van der Waals surface area contributed by atoms with E-state index in [0.29, 0.717) is 12.3 Å². The number of aryl methyl sites for hydroxylation is 1. The number of benzene rings is 2. The van der Waals surface area contributed by atoms with Crippen molar-refractivity contribution < 1.29 is 9.53 Å². The molecule has 2 aromatic rings. The SMILES string of the molecule is Cc1ccccc1CNC(=O)COc1cccc(Br)c1. The van der Waals surface area contributed by atoms with Crippen molar-refractivity contribution >= 4 is 21.8 Å². The molecule has 0 fully saturated rings. The van der Waals surface area contributed by atoms with Crippen molar-refractivity contribution in [2.45, 2.75) is 13.5 Å².